The monoisotopic (exact) mass is 860 g/mol. The first-order chi connectivity index (χ1) is 27.6. The molecule has 0 bridgehead atoms. The van der Waals surface area contributed by atoms with Crippen LogP contribution >= 0.6 is 11.8 Å². The number of thioether (sulfide) groups is 1. The van der Waals surface area contributed by atoms with Gasteiger partial charge in [-0.05, 0) is 80.7 Å². The molecule has 4 heterocycles. The smallest absolute Gasteiger partial charge is 0.320 e. The minimum atomic E-state index is -1.27. The van der Waals surface area contributed by atoms with Crippen LogP contribution in [0.3, 0.4) is 0 Å². The number of carbonyl (C=O) groups is 3. The van der Waals surface area contributed by atoms with Crippen molar-refractivity contribution in [3.63, 3.8) is 0 Å². The summed E-state index contributed by atoms with van der Waals surface area (Å²) in [6, 6.07) is -0.0261. The summed E-state index contributed by atoms with van der Waals surface area (Å²) < 4.78 is 64.4. The van der Waals surface area contributed by atoms with Gasteiger partial charge < -0.3 is 52.3 Å². The molecule has 2 unspecified atom stereocenters. The topological polar surface area (TPSA) is 147 Å². The molecule has 0 amide bonds. The van der Waals surface area contributed by atoms with Gasteiger partial charge in [0.1, 0.15) is 29.3 Å². The zero-order valence-electron chi connectivity index (χ0n) is 38.9. The van der Waals surface area contributed by atoms with Crippen molar-refractivity contribution in [1.82, 2.24) is 4.90 Å². The number of Topliss-reactive ketones (excluding diaryl/α,β-unsaturated/α-hetero) is 1. The number of nitrogens with zero attached hydrogens (tertiary/aromatic N) is 1. The Balaban J connectivity index is 1.92. The van der Waals surface area contributed by atoms with Crippen molar-refractivity contribution in [2.45, 2.75) is 185 Å². The first kappa shape index (κ1) is 50.2. The van der Waals surface area contributed by atoms with E-state index in [1.54, 1.807) is 35.4 Å². The first-order valence-corrected chi connectivity index (χ1v) is 22.7. The molecule has 0 aromatic heterocycles. The maximum Gasteiger partial charge on any atom is 0.320 e. The summed E-state index contributed by atoms with van der Waals surface area (Å²) in [7, 11) is 10.5. The number of esters is 2. The minimum Gasteiger partial charge on any atom is -0.458 e. The average molecular weight is 860 g/mol. The Morgan fingerprint density at radius 2 is 1.41 bits per heavy atom. The second-order valence-electron chi connectivity index (χ2n) is 18.4. The average Bonchev–Trinajstić information content (AvgIpc) is 3.44. The number of hydrogen-bond donors (Lipinski definition) is 0. The standard InChI is InChI=1S/C44H77NO13S/c1-18-30-44(11)32(36(59-19-2)40(48)58-44)25(5)33(46)23(3)21-42(9,51-16)37(57-41-35(49-14)29(45(12)13)20-24(4)53-41)26(6)34(27(7)39(47)55-30)56-31-22-43(10,52-17)38(50-15)28(8)54-31/h23-32,34-38,41H,18-22H2,1-17H3/t23-,24-,25?,26+,27-,28+,29+,30-,31+,32+,34+,35-,36?,37-,38+,41+,42-,43-,44-/m1/s1. The highest BCUT2D eigenvalue weighted by molar-refractivity contribution is 8.00. The summed E-state index contributed by atoms with van der Waals surface area (Å²) >= 11 is 1.45. The number of ketones is 1. The fourth-order valence-corrected chi connectivity index (χ4v) is 12.0. The van der Waals surface area contributed by atoms with Crippen LogP contribution in [0.1, 0.15) is 102 Å². The second-order valence-corrected chi connectivity index (χ2v) is 19.8. The predicted molar refractivity (Wildman–Crippen MR) is 224 cm³/mol. The zero-order chi connectivity index (χ0) is 44.4. The zero-order valence-corrected chi connectivity index (χ0v) is 39.8. The highest BCUT2D eigenvalue weighted by atomic mass is 32.2. The molecule has 4 aliphatic heterocycles. The van der Waals surface area contributed by atoms with Crippen molar-refractivity contribution < 1.29 is 61.8 Å². The number of hydrogen-bond acceptors (Lipinski definition) is 15. The lowest BCUT2D eigenvalue weighted by Crippen LogP contribution is -2.61. The van der Waals surface area contributed by atoms with Gasteiger partial charge in [0.2, 0.25) is 0 Å². The number of fused-ring (bicyclic) bond motifs is 1. The van der Waals surface area contributed by atoms with Gasteiger partial charge in [-0.1, -0.05) is 34.6 Å². The van der Waals surface area contributed by atoms with Gasteiger partial charge in [-0.2, -0.15) is 0 Å². The molecule has 0 aliphatic carbocycles. The van der Waals surface area contributed by atoms with E-state index in [9.17, 15) is 14.4 Å². The third-order valence-electron chi connectivity index (χ3n) is 14.1. The van der Waals surface area contributed by atoms with Gasteiger partial charge in [-0.25, -0.2) is 0 Å². The summed E-state index contributed by atoms with van der Waals surface area (Å²) in [4.78, 5) is 45.4. The third kappa shape index (κ3) is 10.2. The van der Waals surface area contributed by atoms with E-state index in [0.717, 1.165) is 6.42 Å². The maximum atomic E-state index is 14.8. The normalized spacial score (nSPS) is 46.7. The summed E-state index contributed by atoms with van der Waals surface area (Å²) in [5.41, 5.74) is -3.18. The fourth-order valence-electron chi connectivity index (χ4n) is 10.8. The van der Waals surface area contributed by atoms with E-state index in [0.29, 0.717) is 18.6 Å². The lowest BCUT2D eigenvalue weighted by molar-refractivity contribution is -0.322. The van der Waals surface area contributed by atoms with Crippen molar-refractivity contribution in [2.75, 3.05) is 48.3 Å². The lowest BCUT2D eigenvalue weighted by atomic mass is 9.70. The number of ether oxygens (including phenoxy) is 10. The lowest BCUT2D eigenvalue weighted by Gasteiger charge is -2.50. The molecule has 0 spiro atoms. The molecule has 15 heteroatoms. The molecule has 4 fully saturated rings. The molecule has 342 valence electrons. The first-order valence-electron chi connectivity index (χ1n) is 21.6. The fraction of sp³-hybridized carbons (Fsp3) is 0.932. The Kier molecular flexibility index (Phi) is 17.4. The van der Waals surface area contributed by atoms with Crippen LogP contribution in [-0.2, 0) is 61.8 Å². The summed E-state index contributed by atoms with van der Waals surface area (Å²) in [6.07, 6.45) is -4.03. The Hall–Kier alpha value is -1.40. The molecule has 4 aliphatic rings. The van der Waals surface area contributed by atoms with Crippen molar-refractivity contribution in [2.24, 2.45) is 29.6 Å². The molecular formula is C44H77NO13S. The molecule has 0 N–H and O–H groups in total. The van der Waals surface area contributed by atoms with Crippen LogP contribution in [0.25, 0.3) is 0 Å². The molecule has 4 saturated heterocycles. The van der Waals surface area contributed by atoms with Crippen molar-refractivity contribution in [1.29, 1.82) is 0 Å². The number of likely N-dealkylation sites (N-methyl/N-ethyl adjacent to an activating group) is 1. The summed E-state index contributed by atoms with van der Waals surface area (Å²) in [5.74, 6) is -3.58. The van der Waals surface area contributed by atoms with E-state index < -0.39 is 107 Å². The van der Waals surface area contributed by atoms with E-state index in [-0.39, 0.29) is 30.5 Å². The SMILES string of the molecule is CCSC1C(=O)O[C@@]2(C)[C@H]1C(C)C(=O)[C@H](C)C[C@@](C)(OC)[C@H](O[C@@H]1O[C@H](C)C[C@H](N(C)C)[C@H]1OC)[C@@H](C)[C@H](O[C@H]1C[C@@](C)(OC)[C@@H](OC)[C@H](C)O1)[C@@H](C)C(=O)O[C@@H]2CC. The van der Waals surface area contributed by atoms with Gasteiger partial charge in [-0.15, -0.1) is 11.8 Å². The van der Waals surface area contributed by atoms with Crippen molar-refractivity contribution in [3.8, 4) is 0 Å². The van der Waals surface area contributed by atoms with Gasteiger partial charge in [0.05, 0.1) is 41.5 Å². The molecule has 19 atom stereocenters. The third-order valence-corrected chi connectivity index (χ3v) is 15.2. The maximum absolute atomic E-state index is 14.8. The molecule has 59 heavy (non-hydrogen) atoms. The number of rotatable bonds is 12. The number of carbonyl (C=O) groups excluding carboxylic acids is 3. The molecule has 0 aromatic carbocycles. The molecular weight excluding hydrogens is 783 g/mol. The number of cyclic esters (lactones) is 1. The molecule has 0 radical (unpaired) electrons. The van der Waals surface area contributed by atoms with Crippen LogP contribution in [0.15, 0.2) is 0 Å². The summed E-state index contributed by atoms with van der Waals surface area (Å²) in [6.45, 7) is 21.0. The van der Waals surface area contributed by atoms with Gasteiger partial charge in [0, 0.05) is 64.6 Å². The predicted octanol–water partition coefficient (Wildman–Crippen LogP) is 5.69. The van der Waals surface area contributed by atoms with E-state index in [4.69, 9.17) is 47.4 Å². The van der Waals surface area contributed by atoms with E-state index in [2.05, 4.69) is 4.90 Å². The Bertz CT molecular complexity index is 1420. The van der Waals surface area contributed by atoms with E-state index in [1.165, 1.54) is 11.8 Å². The Morgan fingerprint density at radius 3 is 1.95 bits per heavy atom. The molecule has 0 saturated carbocycles. The van der Waals surface area contributed by atoms with Crippen LogP contribution in [-0.4, -0.2) is 154 Å². The van der Waals surface area contributed by atoms with Crippen LogP contribution in [0.4, 0.5) is 0 Å². The molecule has 4 rings (SSSR count). The highest BCUT2D eigenvalue weighted by Gasteiger charge is 2.62. The van der Waals surface area contributed by atoms with E-state index >= 15 is 0 Å². The Labute approximate surface area is 358 Å². The van der Waals surface area contributed by atoms with Crippen molar-refractivity contribution >= 4 is 29.5 Å². The van der Waals surface area contributed by atoms with Gasteiger partial charge >= 0.3 is 11.9 Å². The van der Waals surface area contributed by atoms with Gasteiger partial charge in [0.25, 0.3) is 0 Å². The van der Waals surface area contributed by atoms with Crippen LogP contribution in [0, 0.1) is 29.6 Å². The van der Waals surface area contributed by atoms with Crippen LogP contribution in [0.2, 0.25) is 0 Å². The van der Waals surface area contributed by atoms with Gasteiger partial charge in [0.15, 0.2) is 18.2 Å². The quantitative estimate of drug-likeness (QED) is 0.221. The largest absolute Gasteiger partial charge is 0.458 e. The Morgan fingerprint density at radius 1 is 0.780 bits per heavy atom. The summed E-state index contributed by atoms with van der Waals surface area (Å²) in [5, 5.41) is -0.618. The molecule has 14 nitrogen and oxygen atoms in total. The van der Waals surface area contributed by atoms with E-state index in [1.807, 2.05) is 83.3 Å². The van der Waals surface area contributed by atoms with Crippen molar-refractivity contribution in [3.05, 3.63) is 0 Å². The van der Waals surface area contributed by atoms with Crippen LogP contribution < -0.4 is 0 Å². The second kappa shape index (κ2) is 20.4. The number of methoxy groups -OCH3 is 4. The van der Waals surface area contributed by atoms with Gasteiger partial charge in [-0.3, -0.25) is 14.4 Å². The van der Waals surface area contributed by atoms with Crippen LogP contribution in [0.5, 0.6) is 0 Å². The highest BCUT2D eigenvalue weighted by Crippen LogP contribution is 2.49. The minimum absolute atomic E-state index is 0.0261. The molecule has 0 aromatic rings.